The molecule has 3 nitrogen and oxygen atoms in total. The van der Waals surface area contributed by atoms with E-state index in [2.05, 4.69) is 24.5 Å². The van der Waals surface area contributed by atoms with Gasteiger partial charge in [-0.05, 0) is 42.9 Å². The molecular formula is C16H24N2O. The minimum atomic E-state index is -0.0339. The summed E-state index contributed by atoms with van der Waals surface area (Å²) < 4.78 is 0. The van der Waals surface area contributed by atoms with E-state index in [1.54, 1.807) is 7.05 Å². The Kier molecular flexibility index (Phi) is 4.46. The van der Waals surface area contributed by atoms with E-state index >= 15 is 0 Å². The van der Waals surface area contributed by atoms with Gasteiger partial charge in [-0.25, -0.2) is 0 Å². The fourth-order valence-corrected chi connectivity index (χ4v) is 3.05. The largest absolute Gasteiger partial charge is 0.382 e. The van der Waals surface area contributed by atoms with Crippen LogP contribution in [0.3, 0.4) is 0 Å². The molecule has 1 aliphatic carbocycles. The second-order valence-electron chi connectivity index (χ2n) is 5.72. The third kappa shape index (κ3) is 3.28. The third-order valence-electron chi connectivity index (χ3n) is 4.23. The van der Waals surface area contributed by atoms with E-state index in [0.29, 0.717) is 23.4 Å². The van der Waals surface area contributed by atoms with E-state index in [1.165, 1.54) is 19.3 Å². The Hall–Kier alpha value is -1.51. The lowest BCUT2D eigenvalue weighted by Gasteiger charge is -2.36. The van der Waals surface area contributed by atoms with Crippen molar-refractivity contribution in [1.29, 1.82) is 0 Å². The number of benzene rings is 1. The Morgan fingerprint density at radius 3 is 2.53 bits per heavy atom. The molecule has 1 fully saturated rings. The Balaban J connectivity index is 2.12. The van der Waals surface area contributed by atoms with Gasteiger partial charge in [0, 0.05) is 24.3 Å². The zero-order valence-electron chi connectivity index (χ0n) is 12.1. The molecule has 1 aromatic rings. The maximum atomic E-state index is 11.6. The molecule has 1 saturated carbocycles. The monoisotopic (exact) mass is 260 g/mol. The predicted octanol–water partition coefficient (Wildman–Crippen LogP) is 3.28. The van der Waals surface area contributed by atoms with E-state index < -0.39 is 0 Å². The first-order valence-electron chi connectivity index (χ1n) is 7.20. The average molecular weight is 260 g/mol. The van der Waals surface area contributed by atoms with Gasteiger partial charge in [-0.3, -0.25) is 4.79 Å². The number of hydrogen-bond acceptors (Lipinski definition) is 2. The van der Waals surface area contributed by atoms with E-state index in [9.17, 15) is 4.79 Å². The lowest BCUT2D eigenvalue weighted by atomic mass is 9.78. The molecular weight excluding hydrogens is 236 g/mol. The number of carbonyl (C=O) groups is 1. The quantitative estimate of drug-likeness (QED) is 0.875. The van der Waals surface area contributed by atoms with Crippen molar-refractivity contribution in [2.24, 2.45) is 11.8 Å². The van der Waals surface area contributed by atoms with Gasteiger partial charge in [0.2, 0.25) is 0 Å². The summed E-state index contributed by atoms with van der Waals surface area (Å²) in [6.07, 6.45) is 3.91. The van der Waals surface area contributed by atoms with Crippen LogP contribution in [0.2, 0.25) is 0 Å². The van der Waals surface area contributed by atoms with E-state index in [-0.39, 0.29) is 5.91 Å². The van der Waals surface area contributed by atoms with Gasteiger partial charge in [0.05, 0.1) is 0 Å². The van der Waals surface area contributed by atoms with Crippen LogP contribution in [-0.2, 0) is 0 Å². The molecule has 0 aliphatic heterocycles. The molecule has 0 radical (unpaired) electrons. The van der Waals surface area contributed by atoms with E-state index in [1.807, 2.05) is 24.3 Å². The molecule has 0 spiro atoms. The molecule has 0 aromatic heterocycles. The Morgan fingerprint density at radius 2 is 1.89 bits per heavy atom. The summed E-state index contributed by atoms with van der Waals surface area (Å²) in [4.78, 5) is 11.6. The zero-order chi connectivity index (χ0) is 13.8. The summed E-state index contributed by atoms with van der Waals surface area (Å²) >= 11 is 0. The van der Waals surface area contributed by atoms with E-state index in [0.717, 1.165) is 5.69 Å². The molecule has 2 rings (SSSR count). The van der Waals surface area contributed by atoms with Crippen LogP contribution in [0.15, 0.2) is 24.3 Å². The number of rotatable bonds is 3. The first-order chi connectivity index (χ1) is 9.11. The Bertz CT molecular complexity index is 434. The van der Waals surface area contributed by atoms with Crippen molar-refractivity contribution < 1.29 is 4.79 Å². The van der Waals surface area contributed by atoms with Crippen LogP contribution in [0.5, 0.6) is 0 Å². The number of hydrogen-bond donors (Lipinski definition) is 2. The van der Waals surface area contributed by atoms with Crippen molar-refractivity contribution in [3.63, 3.8) is 0 Å². The van der Waals surface area contributed by atoms with Crippen molar-refractivity contribution in [3.05, 3.63) is 29.8 Å². The normalized spacial score (nSPS) is 26.8. The average Bonchev–Trinajstić information content (AvgIpc) is 2.42. The number of carbonyl (C=O) groups excluding carboxylic acids is 1. The van der Waals surface area contributed by atoms with E-state index in [4.69, 9.17) is 0 Å². The van der Waals surface area contributed by atoms with Crippen LogP contribution >= 0.6 is 0 Å². The molecule has 3 heteroatoms. The highest BCUT2D eigenvalue weighted by Crippen LogP contribution is 2.31. The number of nitrogens with one attached hydrogen (secondary N) is 2. The van der Waals surface area contributed by atoms with Crippen molar-refractivity contribution in [1.82, 2.24) is 5.32 Å². The maximum Gasteiger partial charge on any atom is 0.251 e. The summed E-state index contributed by atoms with van der Waals surface area (Å²) in [5, 5.41) is 6.28. The Labute approximate surface area is 115 Å². The molecule has 1 aliphatic rings. The lowest BCUT2D eigenvalue weighted by Crippen LogP contribution is -2.37. The van der Waals surface area contributed by atoms with Gasteiger partial charge in [-0.1, -0.05) is 26.3 Å². The highest BCUT2D eigenvalue weighted by molar-refractivity contribution is 5.94. The molecule has 0 heterocycles. The van der Waals surface area contributed by atoms with Gasteiger partial charge in [0.1, 0.15) is 0 Å². The van der Waals surface area contributed by atoms with Crippen LogP contribution in [0.1, 0.15) is 43.5 Å². The third-order valence-corrected chi connectivity index (χ3v) is 4.23. The van der Waals surface area contributed by atoms with Gasteiger partial charge in [0.25, 0.3) is 5.91 Å². The molecule has 104 valence electrons. The molecule has 0 bridgehead atoms. The van der Waals surface area contributed by atoms with Crippen LogP contribution in [-0.4, -0.2) is 19.0 Å². The van der Waals surface area contributed by atoms with Crippen molar-refractivity contribution in [2.75, 3.05) is 12.4 Å². The standard InChI is InChI=1S/C16H24N2O/c1-11-6-4-7-12(2)15(11)18-14-9-5-8-13(10-14)16(19)17-3/h5,8-12,15,18H,4,6-7H2,1-3H3,(H,17,19). The smallest absolute Gasteiger partial charge is 0.251 e. The minimum Gasteiger partial charge on any atom is -0.382 e. The van der Waals surface area contributed by atoms with Gasteiger partial charge in [-0.2, -0.15) is 0 Å². The van der Waals surface area contributed by atoms with Gasteiger partial charge in [-0.15, -0.1) is 0 Å². The second-order valence-corrected chi connectivity index (χ2v) is 5.72. The highest BCUT2D eigenvalue weighted by atomic mass is 16.1. The van der Waals surface area contributed by atoms with Crippen LogP contribution < -0.4 is 10.6 Å². The van der Waals surface area contributed by atoms with Gasteiger partial charge in [0.15, 0.2) is 0 Å². The summed E-state index contributed by atoms with van der Waals surface area (Å²) in [6, 6.07) is 8.27. The molecule has 2 unspecified atom stereocenters. The van der Waals surface area contributed by atoms with Gasteiger partial charge >= 0.3 is 0 Å². The maximum absolute atomic E-state index is 11.6. The summed E-state index contributed by atoms with van der Waals surface area (Å²) in [5.41, 5.74) is 1.76. The second kappa shape index (κ2) is 6.09. The van der Waals surface area contributed by atoms with Gasteiger partial charge < -0.3 is 10.6 Å². The Morgan fingerprint density at radius 1 is 1.21 bits per heavy atom. The van der Waals surface area contributed by atoms with Crippen molar-refractivity contribution >= 4 is 11.6 Å². The topological polar surface area (TPSA) is 41.1 Å². The SMILES string of the molecule is CNC(=O)c1cccc(NC2C(C)CCCC2C)c1. The molecule has 2 atom stereocenters. The molecule has 1 aromatic carbocycles. The fraction of sp³-hybridized carbons (Fsp3) is 0.562. The molecule has 1 amide bonds. The minimum absolute atomic E-state index is 0.0339. The van der Waals surface area contributed by atoms with Crippen LogP contribution in [0.25, 0.3) is 0 Å². The fourth-order valence-electron chi connectivity index (χ4n) is 3.05. The molecule has 0 saturated heterocycles. The number of amides is 1. The number of anilines is 1. The summed E-state index contributed by atoms with van der Waals surface area (Å²) in [5.74, 6) is 1.34. The highest BCUT2D eigenvalue weighted by Gasteiger charge is 2.27. The lowest BCUT2D eigenvalue weighted by molar-refractivity contribution is 0.0963. The summed E-state index contributed by atoms with van der Waals surface area (Å²) in [7, 11) is 1.66. The molecule has 19 heavy (non-hydrogen) atoms. The predicted molar refractivity (Wildman–Crippen MR) is 79.4 cm³/mol. The first kappa shape index (κ1) is 13.9. The zero-order valence-corrected chi connectivity index (χ0v) is 12.1. The van der Waals surface area contributed by atoms with Crippen LogP contribution in [0.4, 0.5) is 5.69 Å². The van der Waals surface area contributed by atoms with Crippen molar-refractivity contribution in [2.45, 2.75) is 39.2 Å². The summed E-state index contributed by atoms with van der Waals surface area (Å²) in [6.45, 7) is 4.63. The first-order valence-corrected chi connectivity index (χ1v) is 7.20. The van der Waals surface area contributed by atoms with Crippen LogP contribution in [0, 0.1) is 11.8 Å². The van der Waals surface area contributed by atoms with Crippen molar-refractivity contribution in [3.8, 4) is 0 Å². The molecule has 2 N–H and O–H groups in total.